The highest BCUT2D eigenvalue weighted by atomic mass is 79.9. The predicted molar refractivity (Wildman–Crippen MR) is 76.0 cm³/mol. The topological polar surface area (TPSA) is 70.8 Å². The van der Waals surface area contributed by atoms with Crippen LogP contribution < -0.4 is 15.2 Å². The van der Waals surface area contributed by atoms with Crippen molar-refractivity contribution in [2.45, 2.75) is 12.5 Å². The molecule has 1 aromatic carbocycles. The number of methoxy groups -OCH3 is 2. The third-order valence-electron chi connectivity index (χ3n) is 2.52. The number of carbonyl (C=O) groups excluding carboxylic acids is 1. The number of nitrogens with two attached hydrogens (primary N) is 1. The standard InChI is InChI=1S/C13H18BrNO4/c1-17-12-8-9(7-10(15)13(16)18-2)3-4-11(12)19-6-5-14/h3-4,8,10H,5-7,15H2,1-2H3. The van der Waals surface area contributed by atoms with E-state index < -0.39 is 12.0 Å². The molecule has 0 saturated carbocycles. The van der Waals surface area contributed by atoms with E-state index >= 15 is 0 Å². The van der Waals surface area contributed by atoms with E-state index in [-0.39, 0.29) is 0 Å². The number of rotatable bonds is 7. The van der Waals surface area contributed by atoms with Crippen LogP contribution in [0.2, 0.25) is 0 Å². The van der Waals surface area contributed by atoms with Crippen molar-refractivity contribution in [1.82, 2.24) is 0 Å². The van der Waals surface area contributed by atoms with Crippen LogP contribution in [0.1, 0.15) is 5.56 Å². The zero-order valence-corrected chi connectivity index (χ0v) is 12.6. The van der Waals surface area contributed by atoms with Crippen LogP contribution in [-0.4, -0.2) is 38.2 Å². The number of carbonyl (C=O) groups is 1. The molecule has 0 bridgehead atoms. The second-order valence-electron chi connectivity index (χ2n) is 3.86. The summed E-state index contributed by atoms with van der Waals surface area (Å²) in [6.45, 7) is 0.553. The van der Waals surface area contributed by atoms with Crippen LogP contribution in [0.4, 0.5) is 0 Å². The van der Waals surface area contributed by atoms with Gasteiger partial charge < -0.3 is 19.9 Å². The highest BCUT2D eigenvalue weighted by Gasteiger charge is 2.15. The van der Waals surface area contributed by atoms with Crippen molar-refractivity contribution in [1.29, 1.82) is 0 Å². The van der Waals surface area contributed by atoms with Gasteiger partial charge in [-0.2, -0.15) is 0 Å². The minimum absolute atomic E-state index is 0.391. The van der Waals surface area contributed by atoms with E-state index in [1.165, 1.54) is 7.11 Å². The molecule has 106 valence electrons. The second kappa shape index (κ2) is 8.01. The first kappa shape index (κ1) is 15.8. The first-order chi connectivity index (χ1) is 9.12. The van der Waals surface area contributed by atoms with E-state index in [0.717, 1.165) is 10.9 Å². The molecule has 0 spiro atoms. The Bertz CT molecular complexity index is 425. The van der Waals surface area contributed by atoms with E-state index in [0.29, 0.717) is 24.5 Å². The molecular weight excluding hydrogens is 314 g/mol. The molecular formula is C13H18BrNO4. The van der Waals surface area contributed by atoms with E-state index in [1.807, 2.05) is 12.1 Å². The molecule has 0 saturated heterocycles. The summed E-state index contributed by atoms with van der Waals surface area (Å²) in [5.74, 6) is 0.853. The minimum atomic E-state index is -0.677. The normalized spacial score (nSPS) is 11.8. The molecule has 1 unspecified atom stereocenters. The lowest BCUT2D eigenvalue weighted by Gasteiger charge is -2.13. The van der Waals surface area contributed by atoms with Gasteiger partial charge in [0.25, 0.3) is 0 Å². The average molecular weight is 332 g/mol. The summed E-state index contributed by atoms with van der Waals surface area (Å²) in [4.78, 5) is 11.3. The van der Waals surface area contributed by atoms with Gasteiger partial charge in [0.2, 0.25) is 0 Å². The number of hydrogen-bond acceptors (Lipinski definition) is 5. The Morgan fingerprint density at radius 2 is 2.11 bits per heavy atom. The van der Waals surface area contributed by atoms with Crippen molar-refractivity contribution in [2.75, 3.05) is 26.2 Å². The van der Waals surface area contributed by atoms with Crippen LogP contribution in [0.3, 0.4) is 0 Å². The highest BCUT2D eigenvalue weighted by Crippen LogP contribution is 2.28. The zero-order valence-electron chi connectivity index (χ0n) is 11.0. The van der Waals surface area contributed by atoms with Crippen molar-refractivity contribution in [3.05, 3.63) is 23.8 Å². The van der Waals surface area contributed by atoms with Crippen LogP contribution in [0.5, 0.6) is 11.5 Å². The number of esters is 1. The predicted octanol–water partition coefficient (Wildman–Crippen LogP) is 1.51. The van der Waals surface area contributed by atoms with E-state index in [9.17, 15) is 4.79 Å². The second-order valence-corrected chi connectivity index (χ2v) is 4.65. The van der Waals surface area contributed by atoms with Gasteiger partial charge in [-0.3, -0.25) is 4.79 Å². The lowest BCUT2D eigenvalue weighted by atomic mass is 10.1. The summed E-state index contributed by atoms with van der Waals surface area (Å²) in [6, 6.07) is 4.80. The molecule has 1 aromatic rings. The van der Waals surface area contributed by atoms with Crippen molar-refractivity contribution < 1.29 is 19.0 Å². The summed E-state index contributed by atoms with van der Waals surface area (Å²) in [5.41, 5.74) is 6.61. The Kier molecular flexibility index (Phi) is 6.66. The Hall–Kier alpha value is -1.27. The molecule has 2 N–H and O–H groups in total. The number of benzene rings is 1. The van der Waals surface area contributed by atoms with E-state index in [1.54, 1.807) is 13.2 Å². The van der Waals surface area contributed by atoms with Gasteiger partial charge in [-0.1, -0.05) is 22.0 Å². The lowest BCUT2D eigenvalue weighted by molar-refractivity contribution is -0.142. The van der Waals surface area contributed by atoms with Crippen molar-refractivity contribution in [3.8, 4) is 11.5 Å². The lowest BCUT2D eigenvalue weighted by Crippen LogP contribution is -2.33. The van der Waals surface area contributed by atoms with Crippen molar-refractivity contribution >= 4 is 21.9 Å². The molecule has 19 heavy (non-hydrogen) atoms. The molecule has 0 aliphatic heterocycles. The summed E-state index contributed by atoms with van der Waals surface area (Å²) >= 11 is 3.29. The van der Waals surface area contributed by atoms with Gasteiger partial charge in [-0.05, 0) is 24.1 Å². The van der Waals surface area contributed by atoms with Gasteiger partial charge in [-0.25, -0.2) is 0 Å². The van der Waals surface area contributed by atoms with Gasteiger partial charge in [-0.15, -0.1) is 0 Å². The third kappa shape index (κ3) is 4.72. The van der Waals surface area contributed by atoms with Crippen LogP contribution >= 0.6 is 15.9 Å². The zero-order chi connectivity index (χ0) is 14.3. The van der Waals surface area contributed by atoms with Crippen LogP contribution in [0, 0.1) is 0 Å². The first-order valence-corrected chi connectivity index (χ1v) is 6.93. The Balaban J connectivity index is 2.78. The fourth-order valence-corrected chi connectivity index (χ4v) is 1.76. The molecule has 0 heterocycles. The monoisotopic (exact) mass is 331 g/mol. The van der Waals surface area contributed by atoms with Crippen molar-refractivity contribution in [3.63, 3.8) is 0 Å². The Labute approximate surface area is 121 Å². The van der Waals surface area contributed by atoms with E-state index in [4.69, 9.17) is 15.2 Å². The molecule has 1 rings (SSSR count). The molecule has 5 nitrogen and oxygen atoms in total. The molecule has 1 atom stereocenters. The molecule has 0 aliphatic carbocycles. The van der Waals surface area contributed by atoms with Gasteiger partial charge >= 0.3 is 5.97 Å². The fourth-order valence-electron chi connectivity index (χ4n) is 1.60. The van der Waals surface area contributed by atoms with Gasteiger partial charge in [0.15, 0.2) is 11.5 Å². The SMILES string of the molecule is COC(=O)C(N)Cc1ccc(OCCBr)c(OC)c1. The quantitative estimate of drug-likeness (QED) is 0.605. The van der Waals surface area contributed by atoms with Crippen LogP contribution in [0.15, 0.2) is 18.2 Å². The summed E-state index contributed by atoms with van der Waals surface area (Å²) in [5, 5.41) is 0.741. The molecule has 0 fully saturated rings. The van der Waals surface area contributed by atoms with Crippen LogP contribution in [-0.2, 0) is 16.0 Å². The molecule has 0 aliphatic rings. The van der Waals surface area contributed by atoms with Gasteiger partial charge in [0.05, 0.1) is 20.8 Å². The Morgan fingerprint density at radius 1 is 1.37 bits per heavy atom. The van der Waals surface area contributed by atoms with Crippen molar-refractivity contribution in [2.24, 2.45) is 5.73 Å². The number of halogens is 1. The maximum absolute atomic E-state index is 11.3. The molecule has 0 amide bonds. The molecule has 0 radical (unpaired) electrons. The van der Waals surface area contributed by atoms with Crippen LogP contribution in [0.25, 0.3) is 0 Å². The van der Waals surface area contributed by atoms with Gasteiger partial charge in [0, 0.05) is 5.33 Å². The van der Waals surface area contributed by atoms with E-state index in [2.05, 4.69) is 20.7 Å². The fraction of sp³-hybridized carbons (Fsp3) is 0.462. The van der Waals surface area contributed by atoms with Gasteiger partial charge in [0.1, 0.15) is 6.04 Å². The Morgan fingerprint density at radius 3 is 2.68 bits per heavy atom. The largest absolute Gasteiger partial charge is 0.493 e. The third-order valence-corrected chi connectivity index (χ3v) is 2.85. The summed E-state index contributed by atoms with van der Waals surface area (Å²) in [6.07, 6.45) is 0.391. The highest BCUT2D eigenvalue weighted by molar-refractivity contribution is 9.09. The smallest absolute Gasteiger partial charge is 0.322 e. The average Bonchev–Trinajstić information content (AvgIpc) is 2.44. The maximum Gasteiger partial charge on any atom is 0.322 e. The first-order valence-electron chi connectivity index (χ1n) is 5.81. The molecule has 6 heteroatoms. The summed E-state index contributed by atoms with van der Waals surface area (Å²) < 4.78 is 15.4. The minimum Gasteiger partial charge on any atom is -0.493 e. The number of hydrogen-bond donors (Lipinski definition) is 1. The molecule has 0 aromatic heterocycles. The summed E-state index contributed by atoms with van der Waals surface area (Å²) in [7, 11) is 2.89. The maximum atomic E-state index is 11.3. The number of ether oxygens (including phenoxy) is 3. The number of alkyl halides is 1.